The van der Waals surface area contributed by atoms with E-state index in [9.17, 15) is 14.0 Å². The van der Waals surface area contributed by atoms with Crippen LogP contribution in [0.4, 0.5) is 4.39 Å². The smallest absolute Gasteiger partial charge is 0.231 e. The van der Waals surface area contributed by atoms with Gasteiger partial charge in [0.05, 0.1) is 6.54 Å². The predicted molar refractivity (Wildman–Crippen MR) is 79.3 cm³/mol. The van der Waals surface area contributed by atoms with E-state index in [2.05, 4.69) is 0 Å². The highest BCUT2D eigenvalue weighted by atomic mass is 32.2. The molecule has 3 atom stereocenters. The number of primary amides is 1. The lowest BCUT2D eigenvalue weighted by Gasteiger charge is -2.28. The molecule has 5 nitrogen and oxygen atoms in total. The van der Waals surface area contributed by atoms with Crippen molar-refractivity contribution >= 4 is 23.6 Å². The number of likely N-dealkylation sites (tertiary alicyclic amines) is 1. The van der Waals surface area contributed by atoms with Crippen LogP contribution in [0.1, 0.15) is 19.8 Å². The normalized spacial score (nSPS) is 24.6. The number of amides is 2. The second-order valence-corrected chi connectivity index (χ2v) is 6.68. The zero-order chi connectivity index (χ0) is 15.3. The highest BCUT2D eigenvalue weighted by molar-refractivity contribution is 7.99. The Morgan fingerprint density at radius 1 is 1.55 bits per heavy atom. The van der Waals surface area contributed by atoms with Crippen molar-refractivity contribution in [3.05, 3.63) is 0 Å². The maximum Gasteiger partial charge on any atom is 0.231 e. The van der Waals surface area contributed by atoms with Crippen LogP contribution < -0.4 is 5.73 Å². The van der Waals surface area contributed by atoms with Crippen molar-refractivity contribution in [3.63, 3.8) is 0 Å². The van der Waals surface area contributed by atoms with Crippen molar-refractivity contribution in [2.45, 2.75) is 37.2 Å². The number of halogens is 1. The molecule has 1 fully saturated rings. The van der Waals surface area contributed by atoms with Crippen molar-refractivity contribution in [2.75, 3.05) is 32.9 Å². The minimum Gasteiger partial charge on any atom is -0.369 e. The number of rotatable bonds is 7. The number of hydrogen-bond acceptors (Lipinski definition) is 4. The van der Waals surface area contributed by atoms with Gasteiger partial charge in [0.25, 0.3) is 0 Å². The van der Waals surface area contributed by atoms with E-state index >= 15 is 0 Å². The van der Waals surface area contributed by atoms with Gasteiger partial charge in [0.1, 0.15) is 6.17 Å². The van der Waals surface area contributed by atoms with Gasteiger partial charge in [-0.2, -0.15) is 11.8 Å². The summed E-state index contributed by atoms with van der Waals surface area (Å²) in [5, 5.41) is 0.268. The molecule has 0 aromatic rings. The molecule has 1 heterocycles. The van der Waals surface area contributed by atoms with E-state index in [0.29, 0.717) is 19.4 Å². The number of carbonyl (C=O) groups excluding carboxylic acids is 2. The van der Waals surface area contributed by atoms with Crippen LogP contribution in [0.25, 0.3) is 0 Å². The van der Waals surface area contributed by atoms with Gasteiger partial charge >= 0.3 is 0 Å². The molecule has 7 heteroatoms. The summed E-state index contributed by atoms with van der Waals surface area (Å²) in [5.74, 6) is -0.415. The third kappa shape index (κ3) is 5.28. The Hall–Kier alpha value is -0.820. The molecule has 1 aliphatic rings. The fourth-order valence-electron chi connectivity index (χ4n) is 2.41. The van der Waals surface area contributed by atoms with Crippen molar-refractivity contribution < 1.29 is 14.0 Å². The van der Waals surface area contributed by atoms with Crippen LogP contribution in [0.2, 0.25) is 0 Å². The van der Waals surface area contributed by atoms with Crippen LogP contribution in [-0.2, 0) is 9.59 Å². The van der Waals surface area contributed by atoms with Gasteiger partial charge in [-0.3, -0.25) is 14.5 Å². The Bertz CT molecular complexity index is 357. The van der Waals surface area contributed by atoms with Gasteiger partial charge in [0, 0.05) is 37.8 Å². The van der Waals surface area contributed by atoms with Crippen LogP contribution in [0.3, 0.4) is 0 Å². The molecular weight excluding hydrogens is 281 g/mol. The summed E-state index contributed by atoms with van der Waals surface area (Å²) in [6.07, 6.45) is 1.84. The molecule has 0 spiro atoms. The number of alkyl halides is 1. The molecular formula is C13H24FN3O2S. The van der Waals surface area contributed by atoms with Crippen LogP contribution in [0, 0.1) is 0 Å². The van der Waals surface area contributed by atoms with E-state index in [4.69, 9.17) is 5.73 Å². The molecule has 1 rings (SSSR count). The summed E-state index contributed by atoms with van der Waals surface area (Å²) in [5.41, 5.74) is 5.17. The summed E-state index contributed by atoms with van der Waals surface area (Å²) < 4.78 is 13.5. The van der Waals surface area contributed by atoms with E-state index in [1.807, 2.05) is 13.2 Å². The standard InChI is InChI=1S/C13H24FN3O2S/c1-9(20-3)4-13(19)16(2)7-11-5-10(14)6-17(11)8-12(15)18/h9-11H,4-8H2,1-3H3,(H2,15,18)/t9?,10-,11-/m0/s1. The summed E-state index contributed by atoms with van der Waals surface area (Å²) in [4.78, 5) is 26.4. The van der Waals surface area contributed by atoms with Crippen molar-refractivity contribution in [2.24, 2.45) is 5.73 Å². The van der Waals surface area contributed by atoms with Crippen molar-refractivity contribution in [3.8, 4) is 0 Å². The highest BCUT2D eigenvalue weighted by Gasteiger charge is 2.34. The van der Waals surface area contributed by atoms with Crippen LogP contribution in [0.5, 0.6) is 0 Å². The molecule has 0 bridgehead atoms. The first kappa shape index (κ1) is 17.2. The van der Waals surface area contributed by atoms with Gasteiger partial charge < -0.3 is 10.6 Å². The Morgan fingerprint density at radius 3 is 2.75 bits per heavy atom. The predicted octanol–water partition coefficient (Wildman–Crippen LogP) is 0.484. The van der Waals surface area contributed by atoms with Gasteiger partial charge in [0.2, 0.25) is 11.8 Å². The van der Waals surface area contributed by atoms with E-state index in [0.717, 1.165) is 0 Å². The number of hydrogen-bond donors (Lipinski definition) is 1. The molecule has 0 radical (unpaired) electrons. The number of carbonyl (C=O) groups is 2. The molecule has 0 aromatic heterocycles. The molecule has 1 unspecified atom stereocenters. The van der Waals surface area contributed by atoms with Crippen LogP contribution >= 0.6 is 11.8 Å². The molecule has 2 N–H and O–H groups in total. The molecule has 0 aromatic carbocycles. The molecule has 1 aliphatic heterocycles. The molecule has 116 valence electrons. The van der Waals surface area contributed by atoms with E-state index in [1.54, 1.807) is 28.6 Å². The minimum atomic E-state index is -0.951. The molecule has 20 heavy (non-hydrogen) atoms. The maximum absolute atomic E-state index is 13.5. The van der Waals surface area contributed by atoms with E-state index in [-0.39, 0.29) is 30.3 Å². The zero-order valence-corrected chi connectivity index (χ0v) is 13.2. The molecule has 2 amide bonds. The Balaban J connectivity index is 2.52. The van der Waals surface area contributed by atoms with Crippen molar-refractivity contribution in [1.82, 2.24) is 9.80 Å². The van der Waals surface area contributed by atoms with Crippen LogP contribution in [-0.4, -0.2) is 72.0 Å². The fraction of sp³-hybridized carbons (Fsp3) is 0.846. The van der Waals surface area contributed by atoms with E-state index < -0.39 is 12.1 Å². The van der Waals surface area contributed by atoms with Gasteiger partial charge in [-0.25, -0.2) is 4.39 Å². The molecule has 0 aliphatic carbocycles. The number of nitrogens with two attached hydrogens (primary N) is 1. The third-order valence-electron chi connectivity index (χ3n) is 3.61. The second-order valence-electron chi connectivity index (χ2n) is 5.41. The summed E-state index contributed by atoms with van der Waals surface area (Å²) >= 11 is 1.64. The lowest BCUT2D eigenvalue weighted by molar-refractivity contribution is -0.130. The average molecular weight is 305 g/mol. The summed E-state index contributed by atoms with van der Waals surface area (Å²) in [7, 11) is 1.73. The number of thioether (sulfide) groups is 1. The lowest BCUT2D eigenvalue weighted by Crippen LogP contribution is -2.44. The highest BCUT2D eigenvalue weighted by Crippen LogP contribution is 2.21. The van der Waals surface area contributed by atoms with Crippen molar-refractivity contribution in [1.29, 1.82) is 0 Å². The molecule has 0 saturated carbocycles. The quantitative estimate of drug-likeness (QED) is 0.743. The van der Waals surface area contributed by atoms with Gasteiger partial charge in [-0.05, 0) is 12.7 Å². The monoisotopic (exact) mass is 305 g/mol. The zero-order valence-electron chi connectivity index (χ0n) is 12.3. The Morgan fingerprint density at radius 2 is 2.20 bits per heavy atom. The Labute approximate surface area is 124 Å². The van der Waals surface area contributed by atoms with Gasteiger partial charge in [0.15, 0.2) is 0 Å². The first-order chi connectivity index (χ1) is 9.33. The van der Waals surface area contributed by atoms with E-state index in [1.165, 1.54) is 0 Å². The van der Waals surface area contributed by atoms with Gasteiger partial charge in [-0.1, -0.05) is 6.92 Å². The second kappa shape index (κ2) is 7.83. The first-order valence-electron chi connectivity index (χ1n) is 6.76. The summed E-state index contributed by atoms with van der Waals surface area (Å²) in [6.45, 7) is 2.71. The maximum atomic E-state index is 13.5. The minimum absolute atomic E-state index is 0.0492. The topological polar surface area (TPSA) is 66.6 Å². The average Bonchev–Trinajstić information content (AvgIpc) is 2.68. The fourth-order valence-corrected chi connectivity index (χ4v) is 2.72. The lowest BCUT2D eigenvalue weighted by atomic mass is 10.2. The third-order valence-corrected chi connectivity index (χ3v) is 4.58. The first-order valence-corrected chi connectivity index (χ1v) is 8.05. The Kier molecular flexibility index (Phi) is 6.75. The largest absolute Gasteiger partial charge is 0.369 e. The van der Waals surface area contributed by atoms with Crippen LogP contribution in [0.15, 0.2) is 0 Å². The SMILES string of the molecule is CSC(C)CC(=O)N(C)C[C@@H]1C[C@H](F)CN1CC(N)=O. The summed E-state index contributed by atoms with van der Waals surface area (Å²) in [6, 6.07) is -0.129. The van der Waals surface area contributed by atoms with Gasteiger partial charge in [-0.15, -0.1) is 0 Å². The number of likely N-dealkylation sites (N-methyl/N-ethyl adjacent to an activating group) is 1. The number of nitrogens with zero attached hydrogens (tertiary/aromatic N) is 2. The molecule has 1 saturated heterocycles.